The maximum absolute atomic E-state index is 2.69. The van der Waals surface area contributed by atoms with Crippen molar-refractivity contribution in [1.82, 2.24) is 0 Å². The van der Waals surface area contributed by atoms with Gasteiger partial charge in [-0.05, 0) is 62.6 Å². The van der Waals surface area contributed by atoms with Crippen LogP contribution in [0.15, 0.2) is 0 Å². The van der Waals surface area contributed by atoms with Crippen molar-refractivity contribution in [3.8, 4) is 0 Å². The molecule has 126 valence electrons. The van der Waals surface area contributed by atoms with E-state index in [-0.39, 0.29) is 0 Å². The molecule has 0 heterocycles. The number of fused-ring (bicyclic) bond motifs is 7. The molecule has 4 rings (SSSR count). The molecule has 0 N–H and O–H groups in total. The molecule has 0 amide bonds. The minimum atomic E-state index is 0.515. The van der Waals surface area contributed by atoms with Crippen molar-refractivity contribution in [2.45, 2.75) is 75.7 Å². The minimum absolute atomic E-state index is 0.515. The lowest BCUT2D eigenvalue weighted by Gasteiger charge is -3.01. The average Bonchev–Trinajstić information content (AvgIpc) is 2.46. The van der Waals surface area contributed by atoms with Gasteiger partial charge in [0.15, 0.2) is 0 Å². The first kappa shape index (κ1) is 15.5. The van der Waals surface area contributed by atoms with Gasteiger partial charge in [0.25, 0.3) is 0 Å². The number of rotatable bonds is 2. The van der Waals surface area contributed by atoms with Crippen molar-refractivity contribution < 1.29 is 0 Å². The summed E-state index contributed by atoms with van der Waals surface area (Å²) in [5.41, 5.74) is 2.77. The van der Waals surface area contributed by atoms with Gasteiger partial charge in [0.05, 0.1) is 0 Å². The van der Waals surface area contributed by atoms with Crippen LogP contribution in [0.25, 0.3) is 0 Å². The molecule has 0 aromatic carbocycles. The van der Waals surface area contributed by atoms with Crippen LogP contribution in [-0.2, 0) is 0 Å². The van der Waals surface area contributed by atoms with Crippen LogP contribution in [0.2, 0.25) is 0 Å². The Hall–Kier alpha value is 0. The highest BCUT2D eigenvalue weighted by Crippen LogP contribution is 3.01. The zero-order valence-electron chi connectivity index (χ0n) is 16.7. The Balaban J connectivity index is 1.78. The summed E-state index contributed by atoms with van der Waals surface area (Å²) in [7, 11) is 0. The van der Waals surface area contributed by atoms with Crippen molar-refractivity contribution in [3.05, 3.63) is 0 Å². The summed E-state index contributed by atoms with van der Waals surface area (Å²) in [4.78, 5) is 0. The molecular formula is C22H38. The summed E-state index contributed by atoms with van der Waals surface area (Å²) >= 11 is 0. The summed E-state index contributed by atoms with van der Waals surface area (Å²) in [5, 5.41) is 0. The molecule has 22 heavy (non-hydrogen) atoms. The minimum Gasteiger partial charge on any atom is -0.0651 e. The normalized spacial score (nSPS) is 63.8. The van der Waals surface area contributed by atoms with E-state index in [9.17, 15) is 0 Å². The van der Waals surface area contributed by atoms with Crippen molar-refractivity contribution in [3.63, 3.8) is 0 Å². The first-order valence-corrected chi connectivity index (χ1v) is 9.88. The van der Waals surface area contributed by atoms with Crippen molar-refractivity contribution in [2.24, 2.45) is 62.6 Å². The van der Waals surface area contributed by atoms with E-state index < -0.39 is 0 Å². The molecular weight excluding hydrogens is 264 g/mol. The molecule has 4 aliphatic carbocycles. The van der Waals surface area contributed by atoms with Crippen LogP contribution < -0.4 is 0 Å². The molecule has 0 spiro atoms. The van der Waals surface area contributed by atoms with Gasteiger partial charge in [-0.2, -0.15) is 0 Å². The van der Waals surface area contributed by atoms with Crippen molar-refractivity contribution in [1.29, 1.82) is 0 Å². The SMILES string of the molecule is CCC(C)C1C2C3C4C(C)C(C)(C)C4(C)C3(C)C2(C)C1(C)C. The lowest BCUT2D eigenvalue weighted by atomic mass is 9.03. The molecule has 0 aromatic heterocycles. The quantitative estimate of drug-likeness (QED) is 0.565. The lowest BCUT2D eigenvalue weighted by molar-refractivity contribution is -0.543. The smallest absolute Gasteiger partial charge is 0.0168 e. The van der Waals surface area contributed by atoms with Gasteiger partial charge in [0.2, 0.25) is 0 Å². The Bertz CT molecular complexity index is 542. The predicted molar refractivity (Wildman–Crippen MR) is 94.5 cm³/mol. The van der Waals surface area contributed by atoms with Gasteiger partial charge in [-0.25, -0.2) is 0 Å². The molecule has 4 aliphatic rings. The fourth-order valence-electron chi connectivity index (χ4n) is 9.83. The van der Waals surface area contributed by atoms with Gasteiger partial charge in [-0.3, -0.25) is 0 Å². The Kier molecular flexibility index (Phi) is 2.47. The molecule has 0 aliphatic heterocycles. The van der Waals surface area contributed by atoms with Crippen LogP contribution in [0.1, 0.15) is 75.7 Å². The highest BCUT2D eigenvalue weighted by molar-refractivity contribution is 5.43. The largest absolute Gasteiger partial charge is 0.0651 e. The third-order valence-electron chi connectivity index (χ3n) is 11.8. The highest BCUT2D eigenvalue weighted by atomic mass is 15.0. The molecule has 0 saturated heterocycles. The summed E-state index contributed by atoms with van der Waals surface area (Å²) in [6.45, 7) is 25.8. The van der Waals surface area contributed by atoms with Gasteiger partial charge in [-0.15, -0.1) is 0 Å². The van der Waals surface area contributed by atoms with Crippen LogP contribution in [0, 0.1) is 62.6 Å². The molecule has 0 aromatic rings. The van der Waals surface area contributed by atoms with Crippen LogP contribution in [0.3, 0.4) is 0 Å². The van der Waals surface area contributed by atoms with Crippen LogP contribution in [-0.4, -0.2) is 0 Å². The predicted octanol–water partition coefficient (Wildman–Crippen LogP) is 6.26. The zero-order valence-corrected chi connectivity index (χ0v) is 16.7. The number of hydrogen-bond acceptors (Lipinski definition) is 0. The first-order chi connectivity index (χ1) is 9.88. The topological polar surface area (TPSA) is 0 Å². The summed E-state index contributed by atoms with van der Waals surface area (Å²) < 4.78 is 0. The van der Waals surface area contributed by atoms with Crippen molar-refractivity contribution in [2.75, 3.05) is 0 Å². The monoisotopic (exact) mass is 302 g/mol. The molecule has 0 heteroatoms. The molecule has 9 atom stereocenters. The van der Waals surface area contributed by atoms with Gasteiger partial charge >= 0.3 is 0 Å². The lowest BCUT2D eigenvalue weighted by Crippen LogP contribution is -2.97. The fraction of sp³-hybridized carbons (Fsp3) is 1.00. The second-order valence-electron chi connectivity index (χ2n) is 11.3. The summed E-state index contributed by atoms with van der Waals surface area (Å²) in [5.74, 6) is 5.82. The third kappa shape index (κ3) is 0.932. The second kappa shape index (κ2) is 3.50. The van der Waals surface area contributed by atoms with E-state index in [1.165, 1.54) is 6.42 Å². The van der Waals surface area contributed by atoms with Gasteiger partial charge < -0.3 is 0 Å². The van der Waals surface area contributed by atoms with Crippen LogP contribution in [0.4, 0.5) is 0 Å². The van der Waals surface area contributed by atoms with E-state index in [4.69, 9.17) is 0 Å². The van der Waals surface area contributed by atoms with E-state index >= 15 is 0 Å². The molecule has 9 unspecified atom stereocenters. The molecule has 0 bridgehead atoms. The molecule has 4 fully saturated rings. The average molecular weight is 303 g/mol. The van der Waals surface area contributed by atoms with E-state index in [2.05, 4.69) is 69.2 Å². The van der Waals surface area contributed by atoms with Gasteiger partial charge in [0.1, 0.15) is 0 Å². The zero-order chi connectivity index (χ0) is 16.7. The second-order valence-corrected chi connectivity index (χ2v) is 11.3. The molecule has 4 saturated carbocycles. The maximum Gasteiger partial charge on any atom is -0.0168 e. The van der Waals surface area contributed by atoms with Crippen LogP contribution in [0.5, 0.6) is 0 Å². The Morgan fingerprint density at radius 3 is 1.73 bits per heavy atom. The number of hydrogen-bond donors (Lipinski definition) is 0. The first-order valence-electron chi connectivity index (χ1n) is 9.88. The van der Waals surface area contributed by atoms with E-state index in [1.807, 2.05) is 0 Å². The van der Waals surface area contributed by atoms with E-state index in [0.717, 1.165) is 35.5 Å². The Morgan fingerprint density at radius 2 is 1.23 bits per heavy atom. The Labute approximate surface area is 138 Å². The standard InChI is InChI=1S/C22H38/c1-11-12(2)14-16-17-15-13(3)18(4,5)20(15,8)22(17,10)21(16,9)19(14,6)7/h12-17H,11H2,1-10H3. The van der Waals surface area contributed by atoms with Crippen molar-refractivity contribution >= 4 is 0 Å². The molecule has 0 nitrogen and oxygen atoms in total. The molecule has 0 radical (unpaired) electrons. The van der Waals surface area contributed by atoms with Gasteiger partial charge in [0, 0.05) is 0 Å². The highest BCUT2D eigenvalue weighted by Gasteiger charge is 2.97. The van der Waals surface area contributed by atoms with Crippen LogP contribution >= 0.6 is 0 Å². The van der Waals surface area contributed by atoms with Gasteiger partial charge in [-0.1, -0.05) is 75.7 Å². The fourth-order valence-corrected chi connectivity index (χ4v) is 9.83. The Morgan fingerprint density at radius 1 is 0.727 bits per heavy atom. The maximum atomic E-state index is 2.69. The van der Waals surface area contributed by atoms with E-state index in [1.54, 1.807) is 0 Å². The third-order valence-corrected chi connectivity index (χ3v) is 11.8. The summed E-state index contributed by atoms with van der Waals surface area (Å²) in [6, 6.07) is 0. The van der Waals surface area contributed by atoms with E-state index in [0.29, 0.717) is 27.1 Å². The summed E-state index contributed by atoms with van der Waals surface area (Å²) in [6.07, 6.45) is 1.35.